The molecule has 0 spiro atoms. The van der Waals surface area contributed by atoms with Crippen LogP contribution in [0, 0.1) is 24.7 Å². The van der Waals surface area contributed by atoms with Crippen molar-refractivity contribution >= 4 is 0 Å². The van der Waals surface area contributed by atoms with Gasteiger partial charge in [0.2, 0.25) is 0 Å². The Morgan fingerprint density at radius 2 is 1.21 bits per heavy atom. The minimum absolute atomic E-state index is 0.0312. The maximum absolute atomic E-state index is 5.83. The number of rotatable bonds is 4. The quantitative estimate of drug-likeness (QED) is 0.801. The molecule has 0 aliphatic carbocycles. The Hall–Kier alpha value is -2.52. The van der Waals surface area contributed by atoms with Crippen LogP contribution in [0.2, 0.25) is 0 Å². The van der Waals surface area contributed by atoms with E-state index in [0.29, 0.717) is 0 Å². The smallest absolute Gasteiger partial charge is 0.0853 e. The van der Waals surface area contributed by atoms with Crippen LogP contribution in [-0.2, 0) is 13.1 Å². The average Bonchev–Trinajstić information content (AvgIpc) is 2.64. The van der Waals surface area contributed by atoms with Gasteiger partial charge in [-0.2, -0.15) is 0 Å². The molecule has 2 aromatic carbocycles. The second-order valence-corrected chi connectivity index (χ2v) is 6.20. The van der Waals surface area contributed by atoms with Crippen LogP contribution < -0.4 is 0 Å². The molecule has 0 saturated carbocycles. The number of hydrogen-bond acceptors (Lipinski definition) is 2. The Balaban J connectivity index is 1.73. The minimum atomic E-state index is 0.0312. The number of terminal acetylenes is 2. The molecule has 1 saturated heterocycles. The van der Waals surface area contributed by atoms with Gasteiger partial charge in [-0.3, -0.25) is 9.80 Å². The van der Waals surface area contributed by atoms with E-state index in [2.05, 4.69) is 70.2 Å². The molecule has 0 radical (unpaired) electrons. The fourth-order valence-electron chi connectivity index (χ4n) is 3.27. The standard InChI is InChI=1S/C22H22N2/c1-3-21-17-23(15-19-11-7-5-8-12-19)18-22(4-2)24(21)16-20-13-9-6-10-14-20/h1-2,5-14,21-22H,15-18H2/t21-,22+. The lowest BCUT2D eigenvalue weighted by molar-refractivity contribution is 0.0620. The molecule has 2 atom stereocenters. The van der Waals surface area contributed by atoms with Crippen LogP contribution >= 0.6 is 0 Å². The molecule has 0 unspecified atom stereocenters. The second-order valence-electron chi connectivity index (χ2n) is 6.20. The zero-order chi connectivity index (χ0) is 16.8. The molecule has 1 heterocycles. The molecule has 0 aromatic heterocycles. The Kier molecular flexibility index (Phi) is 5.34. The van der Waals surface area contributed by atoms with Gasteiger partial charge in [-0.15, -0.1) is 12.8 Å². The molecule has 1 aliphatic heterocycles. The maximum atomic E-state index is 5.83. The first kappa shape index (κ1) is 16.3. The molecule has 0 bridgehead atoms. The number of nitrogens with zero attached hydrogens (tertiary/aromatic N) is 2. The summed E-state index contributed by atoms with van der Waals surface area (Å²) >= 11 is 0. The van der Waals surface area contributed by atoms with E-state index in [9.17, 15) is 0 Å². The molecule has 1 aliphatic rings. The fraction of sp³-hybridized carbons (Fsp3) is 0.273. The van der Waals surface area contributed by atoms with Gasteiger partial charge in [-0.1, -0.05) is 72.5 Å². The fourth-order valence-corrected chi connectivity index (χ4v) is 3.27. The van der Waals surface area contributed by atoms with E-state index in [-0.39, 0.29) is 12.1 Å². The molecule has 0 amide bonds. The normalized spacial score (nSPS) is 21.8. The zero-order valence-corrected chi connectivity index (χ0v) is 13.8. The zero-order valence-electron chi connectivity index (χ0n) is 13.8. The molecular formula is C22H22N2. The predicted molar refractivity (Wildman–Crippen MR) is 98.9 cm³/mol. The molecular weight excluding hydrogens is 292 g/mol. The third kappa shape index (κ3) is 3.87. The van der Waals surface area contributed by atoms with E-state index in [1.165, 1.54) is 11.1 Å². The van der Waals surface area contributed by atoms with Gasteiger partial charge in [0.1, 0.15) is 0 Å². The first-order valence-electron chi connectivity index (χ1n) is 8.28. The van der Waals surface area contributed by atoms with Crippen LogP contribution in [0.3, 0.4) is 0 Å². The Bertz CT molecular complexity index is 700. The number of benzene rings is 2. The van der Waals surface area contributed by atoms with Crippen LogP contribution in [0.4, 0.5) is 0 Å². The molecule has 2 heteroatoms. The molecule has 120 valence electrons. The van der Waals surface area contributed by atoms with Crippen molar-refractivity contribution in [2.24, 2.45) is 0 Å². The average molecular weight is 314 g/mol. The van der Waals surface area contributed by atoms with Gasteiger partial charge in [0.15, 0.2) is 0 Å². The molecule has 24 heavy (non-hydrogen) atoms. The van der Waals surface area contributed by atoms with Crippen LogP contribution in [0.5, 0.6) is 0 Å². The van der Waals surface area contributed by atoms with E-state index in [0.717, 1.165) is 26.2 Å². The maximum Gasteiger partial charge on any atom is 0.0853 e. The lowest BCUT2D eigenvalue weighted by Gasteiger charge is -2.43. The first-order chi connectivity index (χ1) is 11.8. The van der Waals surface area contributed by atoms with Crippen LogP contribution in [-0.4, -0.2) is 35.0 Å². The van der Waals surface area contributed by atoms with Gasteiger partial charge in [0.25, 0.3) is 0 Å². The van der Waals surface area contributed by atoms with Crippen molar-refractivity contribution in [3.05, 3.63) is 71.8 Å². The summed E-state index contributed by atoms with van der Waals surface area (Å²) < 4.78 is 0. The van der Waals surface area contributed by atoms with Crippen molar-refractivity contribution in [3.63, 3.8) is 0 Å². The van der Waals surface area contributed by atoms with Crippen molar-refractivity contribution in [2.75, 3.05) is 13.1 Å². The molecule has 1 fully saturated rings. The highest BCUT2D eigenvalue weighted by atomic mass is 15.3. The summed E-state index contributed by atoms with van der Waals surface area (Å²) in [7, 11) is 0. The highest BCUT2D eigenvalue weighted by Gasteiger charge is 2.32. The predicted octanol–water partition coefficient (Wildman–Crippen LogP) is 3.01. The molecule has 0 N–H and O–H groups in total. The topological polar surface area (TPSA) is 6.48 Å². The Labute approximate surface area is 145 Å². The number of piperazine rings is 1. The van der Waals surface area contributed by atoms with E-state index >= 15 is 0 Å². The van der Waals surface area contributed by atoms with Crippen LogP contribution in [0.1, 0.15) is 11.1 Å². The summed E-state index contributed by atoms with van der Waals surface area (Å²) in [5.74, 6) is 5.89. The monoisotopic (exact) mass is 314 g/mol. The molecule has 3 rings (SSSR count). The van der Waals surface area contributed by atoms with Crippen LogP contribution in [0.25, 0.3) is 0 Å². The summed E-state index contributed by atoms with van der Waals surface area (Å²) in [5, 5.41) is 0. The minimum Gasteiger partial charge on any atom is -0.294 e. The van der Waals surface area contributed by atoms with Gasteiger partial charge in [-0.25, -0.2) is 0 Å². The highest BCUT2D eigenvalue weighted by Crippen LogP contribution is 2.20. The lowest BCUT2D eigenvalue weighted by atomic mass is 10.0. The molecule has 2 nitrogen and oxygen atoms in total. The van der Waals surface area contributed by atoms with E-state index < -0.39 is 0 Å². The van der Waals surface area contributed by atoms with Crippen LogP contribution in [0.15, 0.2) is 60.7 Å². The SMILES string of the molecule is C#C[C@@H]1CN(Cc2ccccc2)C[C@H](C#C)N1Cc1ccccc1. The first-order valence-corrected chi connectivity index (χ1v) is 8.28. The third-order valence-corrected chi connectivity index (χ3v) is 4.50. The van der Waals surface area contributed by atoms with Gasteiger partial charge in [-0.05, 0) is 11.1 Å². The Morgan fingerprint density at radius 1 is 0.750 bits per heavy atom. The van der Waals surface area contributed by atoms with Gasteiger partial charge in [0, 0.05) is 26.2 Å². The Morgan fingerprint density at radius 3 is 1.67 bits per heavy atom. The lowest BCUT2D eigenvalue weighted by Crippen LogP contribution is -2.57. The summed E-state index contributed by atoms with van der Waals surface area (Å²) in [6, 6.07) is 20.9. The van der Waals surface area contributed by atoms with Gasteiger partial charge < -0.3 is 0 Å². The molecule has 2 aromatic rings. The van der Waals surface area contributed by atoms with E-state index in [1.54, 1.807) is 0 Å². The van der Waals surface area contributed by atoms with Crippen molar-refractivity contribution in [1.82, 2.24) is 9.80 Å². The van der Waals surface area contributed by atoms with Gasteiger partial charge >= 0.3 is 0 Å². The summed E-state index contributed by atoms with van der Waals surface area (Å²) in [5.41, 5.74) is 2.54. The van der Waals surface area contributed by atoms with E-state index in [4.69, 9.17) is 12.8 Å². The van der Waals surface area contributed by atoms with Crippen molar-refractivity contribution in [1.29, 1.82) is 0 Å². The number of hydrogen-bond donors (Lipinski definition) is 0. The summed E-state index contributed by atoms with van der Waals surface area (Å²) in [6.07, 6.45) is 11.7. The second kappa shape index (κ2) is 7.84. The summed E-state index contributed by atoms with van der Waals surface area (Å²) in [4.78, 5) is 4.64. The van der Waals surface area contributed by atoms with Crippen molar-refractivity contribution in [2.45, 2.75) is 25.2 Å². The van der Waals surface area contributed by atoms with Crippen molar-refractivity contribution in [3.8, 4) is 24.7 Å². The highest BCUT2D eigenvalue weighted by molar-refractivity contribution is 5.20. The summed E-state index contributed by atoms with van der Waals surface area (Å²) in [6.45, 7) is 3.37. The van der Waals surface area contributed by atoms with Gasteiger partial charge in [0.05, 0.1) is 12.1 Å². The van der Waals surface area contributed by atoms with Crippen molar-refractivity contribution < 1.29 is 0 Å². The largest absolute Gasteiger partial charge is 0.294 e. The van der Waals surface area contributed by atoms with E-state index in [1.807, 2.05) is 12.1 Å². The third-order valence-electron chi connectivity index (χ3n) is 4.50.